The van der Waals surface area contributed by atoms with E-state index < -0.39 is 0 Å². The molecule has 1 aliphatic carbocycles. The van der Waals surface area contributed by atoms with Crippen molar-refractivity contribution in [3.63, 3.8) is 0 Å². The quantitative estimate of drug-likeness (QED) is 0.627. The Labute approximate surface area is 63.4 Å². The second-order valence-corrected chi connectivity index (χ2v) is 3.60. The fourth-order valence-corrected chi connectivity index (χ4v) is 2.15. The van der Waals surface area contributed by atoms with E-state index in [1.807, 2.05) is 6.92 Å². The predicted octanol–water partition coefficient (Wildman–Crippen LogP) is 2.34. The van der Waals surface area contributed by atoms with Gasteiger partial charge >= 0.3 is 0 Å². The lowest BCUT2D eigenvalue weighted by Gasteiger charge is -2.30. The summed E-state index contributed by atoms with van der Waals surface area (Å²) in [6, 6.07) is 0. The van der Waals surface area contributed by atoms with Crippen molar-refractivity contribution in [3.8, 4) is 0 Å². The summed E-state index contributed by atoms with van der Waals surface area (Å²) < 4.78 is 0. The fourth-order valence-electron chi connectivity index (χ4n) is 2.15. The highest BCUT2D eigenvalue weighted by Crippen LogP contribution is 2.43. The third-order valence-corrected chi connectivity index (χ3v) is 3.19. The van der Waals surface area contributed by atoms with Crippen LogP contribution in [0.5, 0.6) is 0 Å². The largest absolute Gasteiger partial charge is 0.393 e. The monoisotopic (exact) mass is 142 g/mol. The molecule has 1 rings (SSSR count). The van der Waals surface area contributed by atoms with Gasteiger partial charge in [0.2, 0.25) is 0 Å². The molecule has 1 heteroatoms. The first-order valence-corrected chi connectivity index (χ1v) is 4.39. The van der Waals surface area contributed by atoms with Gasteiger partial charge in [-0.15, -0.1) is 0 Å². The first-order chi connectivity index (χ1) is 4.71. The lowest BCUT2D eigenvalue weighted by molar-refractivity contribution is 0.0401. The van der Waals surface area contributed by atoms with E-state index in [9.17, 15) is 5.11 Å². The van der Waals surface area contributed by atoms with E-state index in [4.69, 9.17) is 0 Å². The fraction of sp³-hybridized carbons (Fsp3) is 1.00. The van der Waals surface area contributed by atoms with Crippen LogP contribution in [0.25, 0.3) is 0 Å². The molecule has 0 aromatic rings. The molecule has 0 bridgehead atoms. The van der Waals surface area contributed by atoms with Gasteiger partial charge in [-0.3, -0.25) is 0 Å². The molecule has 0 spiro atoms. The minimum atomic E-state index is -0.0972. The minimum Gasteiger partial charge on any atom is -0.393 e. The molecule has 1 saturated carbocycles. The van der Waals surface area contributed by atoms with Gasteiger partial charge in [0.1, 0.15) is 0 Å². The lowest BCUT2D eigenvalue weighted by Crippen LogP contribution is -2.28. The van der Waals surface area contributed by atoms with Crippen LogP contribution in [-0.2, 0) is 0 Å². The van der Waals surface area contributed by atoms with Crippen molar-refractivity contribution >= 4 is 0 Å². The van der Waals surface area contributed by atoms with Gasteiger partial charge in [-0.25, -0.2) is 0 Å². The molecule has 0 aliphatic heterocycles. The third-order valence-electron chi connectivity index (χ3n) is 3.19. The summed E-state index contributed by atoms with van der Waals surface area (Å²) >= 11 is 0. The Bertz CT molecular complexity index is 101. The van der Waals surface area contributed by atoms with Crippen LogP contribution in [0, 0.1) is 5.41 Å². The molecule has 1 unspecified atom stereocenters. The zero-order valence-corrected chi connectivity index (χ0v) is 7.06. The summed E-state index contributed by atoms with van der Waals surface area (Å²) in [7, 11) is 0. The molecule has 1 N–H and O–H groups in total. The summed E-state index contributed by atoms with van der Waals surface area (Å²) in [5.74, 6) is 0. The molecular formula is C9H18O. The summed E-state index contributed by atoms with van der Waals surface area (Å²) in [5, 5.41) is 9.50. The molecule has 1 fully saturated rings. The van der Waals surface area contributed by atoms with Gasteiger partial charge in [0.15, 0.2) is 0 Å². The van der Waals surface area contributed by atoms with Crippen LogP contribution in [0.1, 0.15) is 46.0 Å². The smallest absolute Gasteiger partial charge is 0.0568 e. The maximum Gasteiger partial charge on any atom is 0.0568 e. The Morgan fingerprint density at radius 2 is 1.90 bits per heavy atom. The SMILES string of the molecule is CCC1(C(C)O)CCCC1. The summed E-state index contributed by atoms with van der Waals surface area (Å²) in [6.07, 6.45) is 6.16. The van der Waals surface area contributed by atoms with Gasteiger partial charge in [0.05, 0.1) is 6.10 Å². The molecule has 10 heavy (non-hydrogen) atoms. The highest BCUT2D eigenvalue weighted by atomic mass is 16.3. The molecule has 1 aliphatic rings. The molecule has 0 amide bonds. The lowest BCUT2D eigenvalue weighted by atomic mass is 9.79. The zero-order chi connectivity index (χ0) is 7.61. The van der Waals surface area contributed by atoms with Gasteiger partial charge in [-0.05, 0) is 31.6 Å². The average molecular weight is 142 g/mol. The van der Waals surface area contributed by atoms with Crippen molar-refractivity contribution in [2.45, 2.75) is 52.1 Å². The molecule has 1 nitrogen and oxygen atoms in total. The zero-order valence-electron chi connectivity index (χ0n) is 7.06. The van der Waals surface area contributed by atoms with Gasteiger partial charge < -0.3 is 5.11 Å². The topological polar surface area (TPSA) is 20.2 Å². The standard InChI is InChI=1S/C9H18O/c1-3-9(8(2)10)6-4-5-7-9/h8,10H,3-7H2,1-2H3. The van der Waals surface area contributed by atoms with Gasteiger partial charge in [-0.2, -0.15) is 0 Å². The van der Waals surface area contributed by atoms with Gasteiger partial charge in [0.25, 0.3) is 0 Å². The molecule has 1 atom stereocenters. The van der Waals surface area contributed by atoms with Crippen LogP contribution in [0.2, 0.25) is 0 Å². The molecule has 0 saturated heterocycles. The Kier molecular flexibility index (Phi) is 2.35. The van der Waals surface area contributed by atoms with Crippen molar-refractivity contribution in [2.75, 3.05) is 0 Å². The van der Waals surface area contributed by atoms with E-state index in [0.717, 1.165) is 6.42 Å². The summed E-state index contributed by atoms with van der Waals surface area (Å²) in [4.78, 5) is 0. The summed E-state index contributed by atoms with van der Waals surface area (Å²) in [5.41, 5.74) is 0.292. The van der Waals surface area contributed by atoms with E-state index in [1.54, 1.807) is 0 Å². The van der Waals surface area contributed by atoms with Crippen LogP contribution in [-0.4, -0.2) is 11.2 Å². The maximum absolute atomic E-state index is 9.50. The molecule has 60 valence electrons. The minimum absolute atomic E-state index is 0.0972. The van der Waals surface area contributed by atoms with E-state index >= 15 is 0 Å². The summed E-state index contributed by atoms with van der Waals surface area (Å²) in [6.45, 7) is 4.13. The number of rotatable bonds is 2. The highest BCUT2D eigenvalue weighted by molar-refractivity contribution is 4.87. The van der Waals surface area contributed by atoms with Crippen LogP contribution < -0.4 is 0 Å². The first kappa shape index (κ1) is 8.06. The molecule has 0 aromatic carbocycles. The van der Waals surface area contributed by atoms with Gasteiger partial charge in [-0.1, -0.05) is 19.8 Å². The van der Waals surface area contributed by atoms with Gasteiger partial charge in [0, 0.05) is 0 Å². The normalized spacial score (nSPS) is 26.7. The van der Waals surface area contributed by atoms with Crippen LogP contribution >= 0.6 is 0 Å². The van der Waals surface area contributed by atoms with E-state index in [0.29, 0.717) is 5.41 Å². The third kappa shape index (κ3) is 1.20. The second-order valence-electron chi connectivity index (χ2n) is 3.60. The van der Waals surface area contributed by atoms with Crippen LogP contribution in [0.3, 0.4) is 0 Å². The van der Waals surface area contributed by atoms with Crippen molar-refractivity contribution in [2.24, 2.45) is 5.41 Å². The Morgan fingerprint density at radius 1 is 1.40 bits per heavy atom. The van der Waals surface area contributed by atoms with Crippen molar-refractivity contribution in [1.29, 1.82) is 0 Å². The second kappa shape index (κ2) is 2.91. The Balaban J connectivity index is 2.58. The highest BCUT2D eigenvalue weighted by Gasteiger charge is 2.36. The van der Waals surface area contributed by atoms with Crippen LogP contribution in [0.4, 0.5) is 0 Å². The molecule has 0 heterocycles. The van der Waals surface area contributed by atoms with Crippen molar-refractivity contribution in [1.82, 2.24) is 0 Å². The number of aliphatic hydroxyl groups excluding tert-OH is 1. The molecular weight excluding hydrogens is 124 g/mol. The maximum atomic E-state index is 9.50. The van der Waals surface area contributed by atoms with Crippen LogP contribution in [0.15, 0.2) is 0 Å². The van der Waals surface area contributed by atoms with E-state index in [1.165, 1.54) is 25.7 Å². The molecule has 0 radical (unpaired) electrons. The first-order valence-electron chi connectivity index (χ1n) is 4.39. The number of hydrogen-bond acceptors (Lipinski definition) is 1. The van der Waals surface area contributed by atoms with E-state index in [2.05, 4.69) is 6.92 Å². The predicted molar refractivity (Wildman–Crippen MR) is 42.9 cm³/mol. The Morgan fingerprint density at radius 3 is 2.10 bits per heavy atom. The van der Waals surface area contributed by atoms with E-state index in [-0.39, 0.29) is 6.10 Å². The van der Waals surface area contributed by atoms with Crippen molar-refractivity contribution in [3.05, 3.63) is 0 Å². The molecule has 0 aromatic heterocycles. The number of hydrogen-bond donors (Lipinski definition) is 1. The Hall–Kier alpha value is -0.0400. The average Bonchev–Trinajstić information content (AvgIpc) is 2.35. The number of aliphatic hydroxyl groups is 1. The van der Waals surface area contributed by atoms with Crippen molar-refractivity contribution < 1.29 is 5.11 Å².